The van der Waals surface area contributed by atoms with Gasteiger partial charge in [-0.3, -0.25) is 4.55 Å². The molecule has 0 saturated heterocycles. The van der Waals surface area contributed by atoms with Crippen molar-refractivity contribution >= 4 is 10.1 Å². The van der Waals surface area contributed by atoms with Gasteiger partial charge in [0.25, 0.3) is 10.1 Å². The van der Waals surface area contributed by atoms with Gasteiger partial charge in [0.1, 0.15) is 0 Å². The predicted octanol–water partition coefficient (Wildman–Crippen LogP) is 4.18. The average Bonchev–Trinajstić information content (AvgIpc) is 2.39. The second kappa shape index (κ2) is 5.36. The number of fused-ring (bicyclic) bond motifs is 3. The second-order valence-corrected chi connectivity index (χ2v) is 8.71. The SMILES string of the molecule is CCCCCC12CCC(C(C)S(=O)(=O)O)(CC1)CC2. The van der Waals surface area contributed by atoms with Crippen LogP contribution in [0.15, 0.2) is 0 Å². The lowest BCUT2D eigenvalue weighted by Gasteiger charge is -2.55. The third-order valence-corrected chi connectivity index (χ3v) is 7.47. The Hall–Kier alpha value is -0.0900. The first kappa shape index (κ1) is 15.3. The Morgan fingerprint density at radius 3 is 2.00 bits per heavy atom. The van der Waals surface area contributed by atoms with E-state index in [0.717, 1.165) is 38.5 Å². The van der Waals surface area contributed by atoms with Crippen LogP contribution in [-0.4, -0.2) is 18.2 Å². The molecule has 0 spiro atoms. The molecule has 0 aromatic carbocycles. The Labute approximate surface area is 117 Å². The van der Waals surface area contributed by atoms with Gasteiger partial charge in [0.05, 0.1) is 5.25 Å². The highest BCUT2D eigenvalue weighted by atomic mass is 32.2. The van der Waals surface area contributed by atoms with Crippen molar-refractivity contribution in [2.24, 2.45) is 10.8 Å². The molecule has 0 aromatic rings. The lowest BCUT2D eigenvalue weighted by molar-refractivity contribution is -0.0167. The third kappa shape index (κ3) is 2.99. The summed E-state index contributed by atoms with van der Waals surface area (Å²) in [6.45, 7) is 3.93. The van der Waals surface area contributed by atoms with Crippen molar-refractivity contribution < 1.29 is 13.0 Å². The van der Waals surface area contributed by atoms with E-state index in [1.165, 1.54) is 25.7 Å². The van der Waals surface area contributed by atoms with Crippen molar-refractivity contribution in [2.75, 3.05) is 0 Å². The van der Waals surface area contributed by atoms with Crippen LogP contribution in [0.25, 0.3) is 0 Å². The molecule has 1 atom stereocenters. The largest absolute Gasteiger partial charge is 0.285 e. The van der Waals surface area contributed by atoms with Gasteiger partial charge in [0.2, 0.25) is 0 Å². The van der Waals surface area contributed by atoms with Crippen molar-refractivity contribution in [2.45, 2.75) is 83.3 Å². The number of unbranched alkanes of at least 4 members (excludes halogenated alkanes) is 2. The molecule has 3 saturated carbocycles. The summed E-state index contributed by atoms with van der Waals surface area (Å²) >= 11 is 0. The lowest BCUT2D eigenvalue weighted by atomic mass is 9.52. The summed E-state index contributed by atoms with van der Waals surface area (Å²) < 4.78 is 32.3. The molecular weight excluding hydrogens is 260 g/mol. The Morgan fingerprint density at radius 1 is 1.05 bits per heavy atom. The fraction of sp³-hybridized carbons (Fsp3) is 1.00. The quantitative estimate of drug-likeness (QED) is 0.589. The maximum absolute atomic E-state index is 11.5. The van der Waals surface area contributed by atoms with Crippen molar-refractivity contribution in [3.05, 3.63) is 0 Å². The van der Waals surface area contributed by atoms with Gasteiger partial charge in [0, 0.05) is 0 Å². The molecule has 112 valence electrons. The average molecular weight is 288 g/mol. The van der Waals surface area contributed by atoms with Crippen molar-refractivity contribution in [3.63, 3.8) is 0 Å². The van der Waals surface area contributed by atoms with Gasteiger partial charge in [-0.2, -0.15) is 8.42 Å². The summed E-state index contributed by atoms with van der Waals surface area (Å²) in [6, 6.07) is 0. The summed E-state index contributed by atoms with van der Waals surface area (Å²) in [5, 5.41) is -0.589. The first-order valence-corrected chi connectivity index (χ1v) is 9.30. The van der Waals surface area contributed by atoms with E-state index >= 15 is 0 Å². The highest BCUT2D eigenvalue weighted by Gasteiger charge is 2.53. The maximum atomic E-state index is 11.5. The highest BCUT2D eigenvalue weighted by Crippen LogP contribution is 2.60. The van der Waals surface area contributed by atoms with Gasteiger partial charge >= 0.3 is 0 Å². The molecule has 4 heteroatoms. The van der Waals surface area contributed by atoms with Gasteiger partial charge in [-0.25, -0.2) is 0 Å². The Morgan fingerprint density at radius 2 is 1.58 bits per heavy atom. The lowest BCUT2D eigenvalue weighted by Crippen LogP contribution is -2.49. The minimum atomic E-state index is -3.89. The van der Waals surface area contributed by atoms with Gasteiger partial charge in [-0.15, -0.1) is 0 Å². The summed E-state index contributed by atoms with van der Waals surface area (Å²) in [6.07, 6.45) is 11.7. The smallest absolute Gasteiger partial charge is 0.268 e. The van der Waals surface area contributed by atoms with Crippen LogP contribution >= 0.6 is 0 Å². The first-order valence-electron chi connectivity index (χ1n) is 7.80. The summed E-state index contributed by atoms with van der Waals surface area (Å²) in [7, 11) is -3.89. The fourth-order valence-corrected chi connectivity index (χ4v) is 5.33. The molecule has 1 unspecified atom stereocenters. The topological polar surface area (TPSA) is 54.4 Å². The fourth-order valence-electron chi connectivity index (χ4n) is 4.34. The van der Waals surface area contributed by atoms with Crippen LogP contribution < -0.4 is 0 Å². The zero-order valence-electron chi connectivity index (χ0n) is 12.3. The van der Waals surface area contributed by atoms with Crippen molar-refractivity contribution in [1.29, 1.82) is 0 Å². The van der Waals surface area contributed by atoms with Gasteiger partial charge in [0.15, 0.2) is 0 Å². The van der Waals surface area contributed by atoms with E-state index in [-0.39, 0.29) is 5.41 Å². The highest BCUT2D eigenvalue weighted by molar-refractivity contribution is 7.86. The van der Waals surface area contributed by atoms with Crippen LogP contribution in [0, 0.1) is 10.8 Å². The van der Waals surface area contributed by atoms with Crippen LogP contribution in [0.3, 0.4) is 0 Å². The standard InChI is InChI=1S/C15H28O3S/c1-3-4-5-6-14-7-10-15(11-8-14,12-9-14)13(2)19(16,17)18/h13H,3-12H2,1-2H3,(H,16,17,18). The predicted molar refractivity (Wildman–Crippen MR) is 77.7 cm³/mol. The molecule has 0 aromatic heterocycles. The van der Waals surface area contributed by atoms with Crippen LogP contribution in [0.1, 0.15) is 78.1 Å². The third-order valence-electron chi connectivity index (χ3n) is 6.08. The summed E-state index contributed by atoms with van der Waals surface area (Å²) in [5.74, 6) is 0. The molecule has 3 fully saturated rings. The van der Waals surface area contributed by atoms with Crippen LogP contribution in [0.5, 0.6) is 0 Å². The number of hydrogen-bond acceptors (Lipinski definition) is 2. The monoisotopic (exact) mass is 288 g/mol. The van der Waals surface area contributed by atoms with Crippen LogP contribution in [-0.2, 0) is 10.1 Å². The van der Waals surface area contributed by atoms with E-state index < -0.39 is 15.4 Å². The van der Waals surface area contributed by atoms with E-state index in [0.29, 0.717) is 5.41 Å². The molecule has 3 nitrogen and oxygen atoms in total. The van der Waals surface area contributed by atoms with E-state index in [1.54, 1.807) is 6.92 Å². The Balaban J connectivity index is 2.01. The number of rotatable bonds is 6. The zero-order valence-corrected chi connectivity index (χ0v) is 13.1. The molecule has 3 aliphatic rings. The van der Waals surface area contributed by atoms with Crippen molar-refractivity contribution in [1.82, 2.24) is 0 Å². The van der Waals surface area contributed by atoms with Gasteiger partial charge in [-0.1, -0.05) is 26.2 Å². The molecule has 0 amide bonds. The first-order chi connectivity index (χ1) is 8.84. The molecule has 0 radical (unpaired) electrons. The molecule has 0 heterocycles. The van der Waals surface area contributed by atoms with Crippen LogP contribution in [0.2, 0.25) is 0 Å². The molecule has 2 bridgehead atoms. The molecule has 3 aliphatic carbocycles. The Bertz CT molecular complexity index is 389. The Kier molecular flexibility index (Phi) is 4.32. The summed E-state index contributed by atoms with van der Waals surface area (Å²) in [5.41, 5.74) is 0.357. The van der Waals surface area contributed by atoms with Crippen LogP contribution in [0.4, 0.5) is 0 Å². The molecule has 3 rings (SSSR count). The minimum absolute atomic E-state index is 0.139. The van der Waals surface area contributed by atoms with Gasteiger partial charge < -0.3 is 0 Å². The molecular formula is C15H28O3S. The van der Waals surface area contributed by atoms with Gasteiger partial charge in [-0.05, 0) is 62.7 Å². The van der Waals surface area contributed by atoms with E-state index in [1.807, 2.05) is 0 Å². The molecule has 1 N–H and O–H groups in total. The normalized spacial score (nSPS) is 36.4. The zero-order chi connectivity index (χ0) is 14.1. The van der Waals surface area contributed by atoms with E-state index in [9.17, 15) is 13.0 Å². The minimum Gasteiger partial charge on any atom is -0.285 e. The molecule has 19 heavy (non-hydrogen) atoms. The maximum Gasteiger partial charge on any atom is 0.268 e. The second-order valence-electron chi connectivity index (χ2n) is 6.98. The summed E-state index contributed by atoms with van der Waals surface area (Å²) in [4.78, 5) is 0. The number of hydrogen-bond donors (Lipinski definition) is 1. The van der Waals surface area contributed by atoms with E-state index in [2.05, 4.69) is 6.92 Å². The van der Waals surface area contributed by atoms with E-state index in [4.69, 9.17) is 0 Å². The van der Waals surface area contributed by atoms with Crippen molar-refractivity contribution in [3.8, 4) is 0 Å². The molecule has 0 aliphatic heterocycles.